The molecule has 1 saturated heterocycles. The predicted molar refractivity (Wildman–Crippen MR) is 76.9 cm³/mol. The molecule has 0 unspecified atom stereocenters. The summed E-state index contributed by atoms with van der Waals surface area (Å²) in [5, 5.41) is 3.00. The van der Waals surface area contributed by atoms with Gasteiger partial charge in [0.1, 0.15) is 0 Å². The van der Waals surface area contributed by atoms with Crippen molar-refractivity contribution in [3.8, 4) is 0 Å². The molecule has 0 bridgehead atoms. The van der Waals surface area contributed by atoms with E-state index in [0.717, 1.165) is 0 Å². The van der Waals surface area contributed by atoms with E-state index in [9.17, 15) is 4.79 Å². The Morgan fingerprint density at radius 2 is 2.06 bits per heavy atom. The maximum atomic E-state index is 11.6. The first-order valence-corrected chi connectivity index (χ1v) is 9.35. The van der Waals surface area contributed by atoms with Crippen LogP contribution < -0.4 is 5.32 Å². The summed E-state index contributed by atoms with van der Waals surface area (Å²) in [6, 6.07) is 0.0229. The SMILES string of the molecule is C=C=C[C@H]1NC(=O)[C@@H]1[C@@H](C)O[Si](C)(C)C(C)(C)C. The summed E-state index contributed by atoms with van der Waals surface area (Å²) in [7, 11) is -1.83. The predicted octanol–water partition coefficient (Wildman–Crippen LogP) is 2.85. The van der Waals surface area contributed by atoms with Gasteiger partial charge in [-0.2, -0.15) is 0 Å². The van der Waals surface area contributed by atoms with Crippen LogP contribution in [0.25, 0.3) is 0 Å². The van der Waals surface area contributed by atoms with Crippen LogP contribution in [-0.2, 0) is 9.22 Å². The summed E-state index contributed by atoms with van der Waals surface area (Å²) in [6.45, 7) is 16.6. The molecule has 1 N–H and O–H groups in total. The number of hydrogen-bond acceptors (Lipinski definition) is 2. The fourth-order valence-electron chi connectivity index (χ4n) is 1.91. The Morgan fingerprint density at radius 1 is 1.50 bits per heavy atom. The Bertz CT molecular complexity index is 378. The second-order valence-corrected chi connectivity index (χ2v) is 11.3. The monoisotopic (exact) mass is 267 g/mol. The molecule has 0 spiro atoms. The average Bonchev–Trinajstić information content (AvgIpc) is 2.13. The molecule has 0 aromatic heterocycles. The molecule has 1 aliphatic heterocycles. The lowest BCUT2D eigenvalue weighted by Crippen LogP contribution is -2.62. The van der Waals surface area contributed by atoms with Gasteiger partial charge in [0.05, 0.1) is 18.1 Å². The summed E-state index contributed by atoms with van der Waals surface area (Å²) >= 11 is 0. The topological polar surface area (TPSA) is 38.3 Å². The molecule has 0 saturated carbocycles. The lowest BCUT2D eigenvalue weighted by molar-refractivity contribution is -0.137. The molecule has 1 fully saturated rings. The highest BCUT2D eigenvalue weighted by atomic mass is 28.4. The third-order valence-corrected chi connectivity index (χ3v) is 8.66. The van der Waals surface area contributed by atoms with E-state index in [1.165, 1.54) is 0 Å². The summed E-state index contributed by atoms with van der Waals surface area (Å²) in [5.41, 5.74) is 2.73. The quantitative estimate of drug-likeness (QED) is 0.483. The van der Waals surface area contributed by atoms with Crippen molar-refractivity contribution in [1.29, 1.82) is 0 Å². The van der Waals surface area contributed by atoms with Gasteiger partial charge in [0, 0.05) is 0 Å². The molecular weight excluding hydrogens is 242 g/mol. The smallest absolute Gasteiger partial charge is 0.228 e. The van der Waals surface area contributed by atoms with Gasteiger partial charge in [-0.05, 0) is 31.1 Å². The van der Waals surface area contributed by atoms with Crippen LogP contribution in [0, 0.1) is 5.92 Å². The number of amides is 1. The summed E-state index contributed by atoms with van der Waals surface area (Å²) < 4.78 is 6.26. The van der Waals surface area contributed by atoms with E-state index < -0.39 is 8.32 Å². The van der Waals surface area contributed by atoms with Crippen molar-refractivity contribution in [2.45, 2.75) is 58.0 Å². The summed E-state index contributed by atoms with van der Waals surface area (Å²) in [6.07, 6.45) is 1.74. The van der Waals surface area contributed by atoms with Crippen molar-refractivity contribution in [1.82, 2.24) is 5.32 Å². The second kappa shape index (κ2) is 5.04. The Morgan fingerprint density at radius 3 is 2.44 bits per heavy atom. The number of rotatable bonds is 4. The standard InChI is InChI=1S/C14H25NO2Si/c1-8-9-11-12(13(16)15-11)10(2)17-18(6,7)14(3,4)5/h9-12H,1H2,2-7H3,(H,15,16)/t10-,11-,12-/m1/s1. The van der Waals surface area contributed by atoms with Gasteiger partial charge in [-0.15, -0.1) is 5.73 Å². The maximum Gasteiger partial charge on any atom is 0.228 e. The number of hydrogen-bond donors (Lipinski definition) is 1. The van der Waals surface area contributed by atoms with E-state index in [-0.39, 0.29) is 29.0 Å². The van der Waals surface area contributed by atoms with Crippen molar-refractivity contribution in [3.05, 3.63) is 18.4 Å². The first-order valence-electron chi connectivity index (χ1n) is 6.44. The second-order valence-electron chi connectivity index (χ2n) is 6.51. The largest absolute Gasteiger partial charge is 0.413 e. The Hall–Kier alpha value is -0.833. The van der Waals surface area contributed by atoms with E-state index in [1.54, 1.807) is 6.08 Å². The highest BCUT2D eigenvalue weighted by molar-refractivity contribution is 6.74. The zero-order chi connectivity index (χ0) is 14.1. The number of nitrogens with one attached hydrogen (secondary N) is 1. The van der Waals surface area contributed by atoms with Gasteiger partial charge < -0.3 is 9.74 Å². The zero-order valence-electron chi connectivity index (χ0n) is 12.3. The van der Waals surface area contributed by atoms with Gasteiger partial charge >= 0.3 is 0 Å². The summed E-state index contributed by atoms with van der Waals surface area (Å²) in [5.74, 6) is -0.0360. The van der Waals surface area contributed by atoms with E-state index in [1.807, 2.05) is 6.92 Å². The van der Waals surface area contributed by atoms with Crippen molar-refractivity contribution >= 4 is 14.2 Å². The van der Waals surface area contributed by atoms with Gasteiger partial charge in [-0.1, -0.05) is 27.4 Å². The molecule has 18 heavy (non-hydrogen) atoms. The fraction of sp³-hybridized carbons (Fsp3) is 0.714. The Labute approximate surface area is 111 Å². The highest BCUT2D eigenvalue weighted by Gasteiger charge is 2.46. The Balaban J connectivity index is 2.74. The minimum Gasteiger partial charge on any atom is -0.413 e. The highest BCUT2D eigenvalue weighted by Crippen LogP contribution is 2.38. The third kappa shape index (κ3) is 2.94. The zero-order valence-corrected chi connectivity index (χ0v) is 13.3. The first-order chi connectivity index (χ1) is 8.10. The average molecular weight is 267 g/mol. The molecule has 0 aromatic carbocycles. The van der Waals surface area contributed by atoms with Crippen LogP contribution in [0.1, 0.15) is 27.7 Å². The van der Waals surface area contributed by atoms with Gasteiger partial charge in [0.25, 0.3) is 0 Å². The van der Waals surface area contributed by atoms with Crippen molar-refractivity contribution in [3.63, 3.8) is 0 Å². The van der Waals surface area contributed by atoms with Crippen LogP contribution >= 0.6 is 0 Å². The normalized spacial score (nSPS) is 25.8. The Kier molecular flexibility index (Phi) is 4.26. The van der Waals surface area contributed by atoms with E-state index in [4.69, 9.17) is 4.43 Å². The van der Waals surface area contributed by atoms with Crippen LogP contribution in [0.3, 0.4) is 0 Å². The fourth-order valence-corrected chi connectivity index (χ4v) is 3.34. The minimum absolute atomic E-state index is 0.0229. The van der Waals surface area contributed by atoms with Gasteiger partial charge in [-0.3, -0.25) is 4.79 Å². The number of carbonyl (C=O) groups is 1. The van der Waals surface area contributed by atoms with Gasteiger partial charge in [0.15, 0.2) is 8.32 Å². The van der Waals surface area contributed by atoms with Crippen LogP contribution in [0.4, 0.5) is 0 Å². The maximum absolute atomic E-state index is 11.6. The first kappa shape index (κ1) is 15.2. The van der Waals surface area contributed by atoms with Crippen molar-refractivity contribution in [2.24, 2.45) is 5.92 Å². The van der Waals surface area contributed by atoms with Crippen LogP contribution in [0.5, 0.6) is 0 Å². The van der Waals surface area contributed by atoms with Crippen LogP contribution in [0.2, 0.25) is 18.1 Å². The van der Waals surface area contributed by atoms with Gasteiger partial charge in [-0.25, -0.2) is 0 Å². The molecule has 102 valence electrons. The van der Waals surface area contributed by atoms with Crippen molar-refractivity contribution < 1.29 is 9.22 Å². The molecular formula is C14H25NO2Si. The molecule has 4 heteroatoms. The molecule has 0 aliphatic carbocycles. The van der Waals surface area contributed by atoms with E-state index in [2.05, 4.69) is 51.5 Å². The number of carbonyl (C=O) groups excluding carboxylic acids is 1. The van der Waals surface area contributed by atoms with Crippen molar-refractivity contribution in [2.75, 3.05) is 0 Å². The molecule has 3 atom stereocenters. The van der Waals surface area contributed by atoms with E-state index >= 15 is 0 Å². The molecule has 0 aromatic rings. The molecule has 3 nitrogen and oxygen atoms in total. The molecule has 1 amide bonds. The minimum atomic E-state index is -1.83. The molecule has 0 radical (unpaired) electrons. The van der Waals surface area contributed by atoms with Gasteiger partial charge in [0.2, 0.25) is 5.91 Å². The van der Waals surface area contributed by atoms with Crippen LogP contribution in [-0.4, -0.2) is 26.4 Å². The molecule has 1 rings (SSSR count). The lowest BCUT2D eigenvalue weighted by Gasteiger charge is -2.44. The number of β-lactam (4-membered cyclic amide) rings is 1. The lowest BCUT2D eigenvalue weighted by atomic mass is 9.86. The summed E-state index contributed by atoms with van der Waals surface area (Å²) in [4.78, 5) is 11.6. The third-order valence-electron chi connectivity index (χ3n) is 4.09. The van der Waals surface area contributed by atoms with E-state index in [0.29, 0.717) is 0 Å². The molecule has 1 aliphatic rings. The van der Waals surface area contributed by atoms with Crippen LogP contribution in [0.15, 0.2) is 18.4 Å². The molecule has 1 heterocycles.